The highest BCUT2D eigenvalue weighted by atomic mass is 16.5. The van der Waals surface area contributed by atoms with Crippen LogP contribution in [0.15, 0.2) is 16.7 Å². The second kappa shape index (κ2) is 5.71. The zero-order chi connectivity index (χ0) is 13.8. The molecule has 0 fully saturated rings. The van der Waals surface area contributed by atoms with E-state index in [1.807, 2.05) is 19.9 Å². The highest BCUT2D eigenvalue weighted by Crippen LogP contribution is 2.11. The van der Waals surface area contributed by atoms with Gasteiger partial charge in [-0.3, -0.25) is 0 Å². The van der Waals surface area contributed by atoms with Crippen molar-refractivity contribution in [2.75, 3.05) is 7.11 Å². The van der Waals surface area contributed by atoms with Gasteiger partial charge >= 0.3 is 5.97 Å². The van der Waals surface area contributed by atoms with Crippen molar-refractivity contribution < 1.29 is 14.1 Å². The fourth-order valence-corrected chi connectivity index (χ4v) is 1.85. The van der Waals surface area contributed by atoms with Crippen molar-refractivity contribution in [2.24, 2.45) is 0 Å². The molecule has 0 saturated carbocycles. The standard InChI is InChI=1S/C13H17N3O3/c1-8-11(9(2)19-16-8)7-14-6-10-4-5-12(15-10)13(17)18-3/h4-5,14-15H,6-7H2,1-3H3. The number of esters is 1. The van der Waals surface area contributed by atoms with E-state index >= 15 is 0 Å². The summed E-state index contributed by atoms with van der Waals surface area (Å²) in [5, 5.41) is 7.17. The number of nitrogens with zero attached hydrogens (tertiary/aromatic N) is 1. The number of ether oxygens (including phenoxy) is 1. The number of hydrogen-bond acceptors (Lipinski definition) is 5. The Bertz CT molecular complexity index is 552. The van der Waals surface area contributed by atoms with E-state index in [0.717, 1.165) is 22.7 Å². The molecule has 0 radical (unpaired) electrons. The quantitative estimate of drug-likeness (QED) is 0.802. The van der Waals surface area contributed by atoms with Crippen molar-refractivity contribution in [3.63, 3.8) is 0 Å². The van der Waals surface area contributed by atoms with Crippen LogP contribution in [0.1, 0.15) is 33.2 Å². The molecule has 2 aromatic rings. The fraction of sp³-hybridized carbons (Fsp3) is 0.385. The molecule has 19 heavy (non-hydrogen) atoms. The molecule has 0 unspecified atom stereocenters. The van der Waals surface area contributed by atoms with Crippen LogP contribution in [0.5, 0.6) is 0 Å². The lowest BCUT2D eigenvalue weighted by Gasteiger charge is -2.02. The summed E-state index contributed by atoms with van der Waals surface area (Å²) in [6.45, 7) is 5.10. The van der Waals surface area contributed by atoms with Gasteiger partial charge in [-0.15, -0.1) is 0 Å². The number of carbonyl (C=O) groups is 1. The number of H-pyrrole nitrogens is 1. The van der Waals surface area contributed by atoms with Crippen LogP contribution in [0.25, 0.3) is 0 Å². The smallest absolute Gasteiger partial charge is 0.354 e. The number of methoxy groups -OCH3 is 1. The number of rotatable bonds is 5. The summed E-state index contributed by atoms with van der Waals surface area (Å²) in [4.78, 5) is 14.3. The molecular formula is C13H17N3O3. The Kier molecular flexibility index (Phi) is 4.01. The minimum atomic E-state index is -0.364. The summed E-state index contributed by atoms with van der Waals surface area (Å²) >= 11 is 0. The monoisotopic (exact) mass is 263 g/mol. The summed E-state index contributed by atoms with van der Waals surface area (Å²) in [6.07, 6.45) is 0. The van der Waals surface area contributed by atoms with Gasteiger partial charge < -0.3 is 19.6 Å². The van der Waals surface area contributed by atoms with Crippen LogP contribution in [-0.2, 0) is 17.8 Å². The number of aryl methyl sites for hydroxylation is 2. The van der Waals surface area contributed by atoms with Crippen molar-refractivity contribution in [1.29, 1.82) is 0 Å². The molecule has 102 valence electrons. The predicted octanol–water partition coefficient (Wildman–Crippen LogP) is 1.70. The van der Waals surface area contributed by atoms with E-state index in [1.54, 1.807) is 6.07 Å². The third kappa shape index (κ3) is 3.03. The molecule has 0 saturated heterocycles. The lowest BCUT2D eigenvalue weighted by molar-refractivity contribution is 0.0594. The van der Waals surface area contributed by atoms with Crippen LogP contribution in [0.2, 0.25) is 0 Å². The van der Waals surface area contributed by atoms with E-state index in [9.17, 15) is 4.79 Å². The van der Waals surface area contributed by atoms with Crippen LogP contribution >= 0.6 is 0 Å². The maximum absolute atomic E-state index is 11.3. The highest BCUT2D eigenvalue weighted by molar-refractivity contribution is 5.87. The van der Waals surface area contributed by atoms with Gasteiger partial charge in [0, 0.05) is 24.3 Å². The molecule has 0 aliphatic heterocycles. The molecule has 0 amide bonds. The van der Waals surface area contributed by atoms with Crippen molar-refractivity contribution in [1.82, 2.24) is 15.5 Å². The van der Waals surface area contributed by atoms with Gasteiger partial charge in [-0.25, -0.2) is 4.79 Å². The first-order chi connectivity index (χ1) is 9.11. The Morgan fingerprint density at radius 3 is 2.84 bits per heavy atom. The molecule has 0 aliphatic carbocycles. The molecule has 2 aromatic heterocycles. The zero-order valence-corrected chi connectivity index (χ0v) is 11.2. The van der Waals surface area contributed by atoms with Crippen molar-refractivity contribution in [3.8, 4) is 0 Å². The largest absolute Gasteiger partial charge is 0.464 e. The Morgan fingerprint density at radius 1 is 1.42 bits per heavy atom. The molecule has 6 nitrogen and oxygen atoms in total. The zero-order valence-electron chi connectivity index (χ0n) is 11.2. The Morgan fingerprint density at radius 2 is 2.21 bits per heavy atom. The highest BCUT2D eigenvalue weighted by Gasteiger charge is 2.10. The Balaban J connectivity index is 1.89. The summed E-state index contributed by atoms with van der Waals surface area (Å²) in [6, 6.07) is 3.56. The number of carbonyl (C=O) groups excluding carboxylic acids is 1. The molecule has 0 aliphatic rings. The number of aromatic amines is 1. The van der Waals surface area contributed by atoms with Gasteiger partial charge in [-0.1, -0.05) is 5.16 Å². The molecule has 2 heterocycles. The van der Waals surface area contributed by atoms with E-state index in [2.05, 4.69) is 20.2 Å². The average Bonchev–Trinajstić information content (AvgIpc) is 2.99. The van der Waals surface area contributed by atoms with Crippen LogP contribution in [0.4, 0.5) is 0 Å². The third-order valence-corrected chi connectivity index (χ3v) is 2.95. The van der Waals surface area contributed by atoms with Crippen molar-refractivity contribution in [3.05, 3.63) is 40.5 Å². The van der Waals surface area contributed by atoms with E-state index in [4.69, 9.17) is 4.52 Å². The minimum Gasteiger partial charge on any atom is -0.464 e. The summed E-state index contributed by atoms with van der Waals surface area (Å²) in [7, 11) is 1.36. The van der Waals surface area contributed by atoms with E-state index in [0.29, 0.717) is 18.8 Å². The first-order valence-electron chi connectivity index (χ1n) is 6.00. The average molecular weight is 263 g/mol. The van der Waals surface area contributed by atoms with Gasteiger partial charge in [0.05, 0.1) is 12.8 Å². The van der Waals surface area contributed by atoms with Gasteiger partial charge in [0.1, 0.15) is 11.5 Å². The molecule has 0 aromatic carbocycles. The van der Waals surface area contributed by atoms with Gasteiger partial charge in [-0.2, -0.15) is 0 Å². The molecule has 2 rings (SSSR count). The van der Waals surface area contributed by atoms with Crippen LogP contribution in [0, 0.1) is 13.8 Å². The van der Waals surface area contributed by atoms with E-state index in [-0.39, 0.29) is 5.97 Å². The second-order valence-electron chi connectivity index (χ2n) is 4.30. The summed E-state index contributed by atoms with van der Waals surface area (Å²) in [5.41, 5.74) is 3.34. The maximum Gasteiger partial charge on any atom is 0.354 e. The molecular weight excluding hydrogens is 246 g/mol. The predicted molar refractivity (Wildman–Crippen MR) is 68.7 cm³/mol. The van der Waals surface area contributed by atoms with E-state index in [1.165, 1.54) is 7.11 Å². The maximum atomic E-state index is 11.3. The second-order valence-corrected chi connectivity index (χ2v) is 4.30. The van der Waals surface area contributed by atoms with Gasteiger partial charge in [-0.05, 0) is 26.0 Å². The van der Waals surface area contributed by atoms with E-state index < -0.39 is 0 Å². The number of hydrogen-bond donors (Lipinski definition) is 2. The van der Waals surface area contributed by atoms with Crippen molar-refractivity contribution >= 4 is 5.97 Å². The van der Waals surface area contributed by atoms with Crippen LogP contribution in [-0.4, -0.2) is 23.2 Å². The van der Waals surface area contributed by atoms with Crippen LogP contribution in [0.3, 0.4) is 0 Å². The van der Waals surface area contributed by atoms with Gasteiger partial charge in [0.25, 0.3) is 0 Å². The fourth-order valence-electron chi connectivity index (χ4n) is 1.85. The molecule has 0 bridgehead atoms. The number of nitrogens with one attached hydrogen (secondary N) is 2. The lowest BCUT2D eigenvalue weighted by atomic mass is 10.2. The summed E-state index contributed by atoms with van der Waals surface area (Å²) in [5.74, 6) is 0.462. The number of aromatic nitrogens is 2. The molecule has 0 spiro atoms. The Labute approximate surface area is 111 Å². The first kappa shape index (κ1) is 13.4. The molecule has 2 N–H and O–H groups in total. The normalized spacial score (nSPS) is 10.7. The van der Waals surface area contributed by atoms with Gasteiger partial charge in [0.15, 0.2) is 0 Å². The third-order valence-electron chi connectivity index (χ3n) is 2.95. The lowest BCUT2D eigenvalue weighted by Crippen LogP contribution is -2.14. The van der Waals surface area contributed by atoms with Gasteiger partial charge in [0.2, 0.25) is 0 Å². The molecule has 6 heteroatoms. The molecule has 0 atom stereocenters. The Hall–Kier alpha value is -2.08. The van der Waals surface area contributed by atoms with Crippen LogP contribution < -0.4 is 5.32 Å². The first-order valence-corrected chi connectivity index (χ1v) is 6.00. The van der Waals surface area contributed by atoms with Crippen molar-refractivity contribution in [2.45, 2.75) is 26.9 Å². The SMILES string of the molecule is COC(=O)c1ccc(CNCc2c(C)noc2C)[nH]1. The summed E-state index contributed by atoms with van der Waals surface area (Å²) < 4.78 is 9.72. The minimum absolute atomic E-state index is 0.364. The topological polar surface area (TPSA) is 80.2 Å².